The molecule has 4 nitrogen and oxygen atoms in total. The van der Waals surface area contributed by atoms with Gasteiger partial charge in [0.2, 0.25) is 0 Å². The van der Waals surface area contributed by atoms with E-state index in [1.165, 1.54) is 0 Å². The molecule has 0 aliphatic carbocycles. The summed E-state index contributed by atoms with van der Waals surface area (Å²) in [5.74, 6) is -0.775. The minimum atomic E-state index is -0.891. The second kappa shape index (κ2) is 6.67. The SMILES string of the molecule is CC(C)N1CCCC(Nc2ccc(Cl)cc2)(C(=O)O)CC1. The summed E-state index contributed by atoms with van der Waals surface area (Å²) < 4.78 is 0. The number of halogens is 1. The molecule has 1 aromatic rings. The van der Waals surface area contributed by atoms with Crippen molar-refractivity contribution in [3.8, 4) is 0 Å². The highest BCUT2D eigenvalue weighted by atomic mass is 35.5. The van der Waals surface area contributed by atoms with Crippen LogP contribution in [0.25, 0.3) is 0 Å². The first-order chi connectivity index (χ1) is 9.93. The molecule has 1 fully saturated rings. The van der Waals surface area contributed by atoms with Crippen molar-refractivity contribution in [1.82, 2.24) is 4.90 Å². The molecule has 2 N–H and O–H groups in total. The predicted molar refractivity (Wildman–Crippen MR) is 86.0 cm³/mol. The number of carbonyl (C=O) groups is 1. The lowest BCUT2D eigenvalue weighted by Gasteiger charge is -2.31. The van der Waals surface area contributed by atoms with Gasteiger partial charge in [-0.2, -0.15) is 0 Å². The number of benzene rings is 1. The Morgan fingerprint density at radius 3 is 2.52 bits per heavy atom. The number of nitrogens with zero attached hydrogens (tertiary/aromatic N) is 1. The Labute approximate surface area is 131 Å². The van der Waals surface area contributed by atoms with Crippen LogP contribution in [-0.4, -0.2) is 40.6 Å². The molecule has 2 rings (SSSR count). The topological polar surface area (TPSA) is 52.6 Å². The number of carboxylic acid groups (broad SMARTS) is 1. The van der Waals surface area contributed by atoms with E-state index in [1.54, 1.807) is 12.1 Å². The monoisotopic (exact) mass is 310 g/mol. The maximum atomic E-state index is 11.9. The van der Waals surface area contributed by atoms with Gasteiger partial charge in [-0.1, -0.05) is 11.6 Å². The molecule has 0 aromatic heterocycles. The second-order valence-electron chi connectivity index (χ2n) is 6.00. The summed E-state index contributed by atoms with van der Waals surface area (Å²) in [7, 11) is 0. The first-order valence-electron chi connectivity index (χ1n) is 7.44. The molecule has 1 aromatic carbocycles. The molecular weight excluding hydrogens is 288 g/mol. The van der Waals surface area contributed by atoms with Gasteiger partial charge < -0.3 is 15.3 Å². The average Bonchev–Trinajstić information content (AvgIpc) is 2.65. The third kappa shape index (κ3) is 3.89. The number of anilines is 1. The lowest BCUT2D eigenvalue weighted by atomic mass is 9.90. The molecule has 0 bridgehead atoms. The predicted octanol–water partition coefficient (Wildman–Crippen LogP) is 3.47. The number of rotatable bonds is 4. The standard InChI is InChI=1S/C16H23ClN2O2/c1-12(2)19-10-3-8-16(9-11-19,15(20)21)18-14-6-4-13(17)5-7-14/h4-7,12,18H,3,8-11H2,1-2H3,(H,20,21). The van der Waals surface area contributed by atoms with E-state index in [0.717, 1.165) is 25.2 Å². The van der Waals surface area contributed by atoms with Crippen LogP contribution in [0.3, 0.4) is 0 Å². The highest BCUT2D eigenvalue weighted by Crippen LogP contribution is 2.29. The number of carboxylic acids is 1. The molecule has 1 unspecified atom stereocenters. The van der Waals surface area contributed by atoms with Crippen molar-refractivity contribution in [2.24, 2.45) is 0 Å². The molecule has 1 saturated heterocycles. The zero-order valence-electron chi connectivity index (χ0n) is 12.6. The van der Waals surface area contributed by atoms with Crippen molar-refractivity contribution >= 4 is 23.3 Å². The zero-order valence-corrected chi connectivity index (χ0v) is 13.4. The molecule has 5 heteroatoms. The molecule has 0 spiro atoms. The largest absolute Gasteiger partial charge is 0.480 e. The number of nitrogens with one attached hydrogen (secondary N) is 1. The van der Waals surface area contributed by atoms with E-state index >= 15 is 0 Å². The van der Waals surface area contributed by atoms with Crippen molar-refractivity contribution < 1.29 is 9.90 Å². The molecule has 0 radical (unpaired) electrons. The first kappa shape index (κ1) is 16.1. The Bertz CT molecular complexity index is 490. The first-order valence-corrected chi connectivity index (χ1v) is 7.82. The van der Waals surface area contributed by atoms with Gasteiger partial charge in [0.05, 0.1) is 0 Å². The molecule has 21 heavy (non-hydrogen) atoms. The highest BCUT2D eigenvalue weighted by Gasteiger charge is 2.40. The van der Waals surface area contributed by atoms with E-state index in [-0.39, 0.29) is 0 Å². The van der Waals surface area contributed by atoms with Crippen LogP contribution in [0.4, 0.5) is 5.69 Å². The quantitative estimate of drug-likeness (QED) is 0.894. The molecule has 1 atom stereocenters. The molecule has 1 aliphatic heterocycles. The molecular formula is C16H23ClN2O2. The van der Waals surface area contributed by atoms with Gasteiger partial charge in [0.15, 0.2) is 0 Å². The Hall–Kier alpha value is -1.26. The molecule has 1 aliphatic rings. The van der Waals surface area contributed by atoms with E-state index in [4.69, 9.17) is 11.6 Å². The Morgan fingerprint density at radius 1 is 1.29 bits per heavy atom. The lowest BCUT2D eigenvalue weighted by molar-refractivity contribution is -0.142. The smallest absolute Gasteiger partial charge is 0.329 e. The normalized spacial score (nSPS) is 23.8. The minimum absolute atomic E-state index is 0.449. The Morgan fingerprint density at radius 2 is 1.95 bits per heavy atom. The van der Waals surface area contributed by atoms with Gasteiger partial charge in [0.25, 0.3) is 0 Å². The van der Waals surface area contributed by atoms with Gasteiger partial charge in [0, 0.05) is 23.3 Å². The van der Waals surface area contributed by atoms with Crippen LogP contribution in [0.2, 0.25) is 5.02 Å². The third-order valence-corrected chi connectivity index (χ3v) is 4.49. The van der Waals surface area contributed by atoms with Gasteiger partial charge >= 0.3 is 5.97 Å². The molecule has 0 amide bonds. The third-order valence-electron chi connectivity index (χ3n) is 4.24. The van der Waals surface area contributed by atoms with Crippen LogP contribution in [0.1, 0.15) is 33.1 Å². The fourth-order valence-corrected chi connectivity index (χ4v) is 3.00. The Balaban J connectivity index is 2.17. The van der Waals surface area contributed by atoms with Crippen LogP contribution >= 0.6 is 11.6 Å². The second-order valence-corrected chi connectivity index (χ2v) is 6.44. The summed E-state index contributed by atoms with van der Waals surface area (Å²) in [6.45, 7) is 6.06. The van der Waals surface area contributed by atoms with Gasteiger partial charge in [-0.15, -0.1) is 0 Å². The van der Waals surface area contributed by atoms with E-state index < -0.39 is 11.5 Å². The molecule has 116 valence electrons. The van der Waals surface area contributed by atoms with Crippen LogP contribution in [-0.2, 0) is 4.79 Å². The van der Waals surface area contributed by atoms with Gasteiger partial charge in [-0.05, 0) is 63.9 Å². The summed E-state index contributed by atoms with van der Waals surface area (Å²) >= 11 is 5.88. The maximum absolute atomic E-state index is 11.9. The Kier molecular flexibility index (Phi) is 5.12. The zero-order chi connectivity index (χ0) is 15.5. The summed E-state index contributed by atoms with van der Waals surface area (Å²) in [4.78, 5) is 14.2. The van der Waals surface area contributed by atoms with Crippen LogP contribution in [0, 0.1) is 0 Å². The van der Waals surface area contributed by atoms with Crippen LogP contribution in [0.5, 0.6) is 0 Å². The van der Waals surface area contributed by atoms with Crippen LogP contribution < -0.4 is 5.32 Å². The number of hydrogen-bond donors (Lipinski definition) is 2. The van der Waals surface area contributed by atoms with Crippen molar-refractivity contribution in [1.29, 1.82) is 0 Å². The lowest BCUT2D eigenvalue weighted by Crippen LogP contribution is -2.47. The summed E-state index contributed by atoms with van der Waals surface area (Å²) in [6.07, 6.45) is 2.11. The highest BCUT2D eigenvalue weighted by molar-refractivity contribution is 6.30. The summed E-state index contributed by atoms with van der Waals surface area (Å²) in [6, 6.07) is 7.66. The molecule has 0 saturated carbocycles. The van der Waals surface area contributed by atoms with Crippen molar-refractivity contribution in [3.05, 3.63) is 29.3 Å². The van der Waals surface area contributed by atoms with Gasteiger partial charge in [-0.25, -0.2) is 4.79 Å². The average molecular weight is 311 g/mol. The van der Waals surface area contributed by atoms with Gasteiger partial charge in [0.1, 0.15) is 5.54 Å². The van der Waals surface area contributed by atoms with Crippen LogP contribution in [0.15, 0.2) is 24.3 Å². The number of hydrogen-bond acceptors (Lipinski definition) is 3. The summed E-state index contributed by atoms with van der Waals surface area (Å²) in [5.41, 5.74) is -0.0860. The minimum Gasteiger partial charge on any atom is -0.480 e. The van der Waals surface area contributed by atoms with E-state index in [2.05, 4.69) is 24.1 Å². The van der Waals surface area contributed by atoms with Crippen molar-refractivity contribution in [2.75, 3.05) is 18.4 Å². The summed E-state index contributed by atoms with van der Waals surface area (Å²) in [5, 5.41) is 13.6. The van der Waals surface area contributed by atoms with E-state index in [9.17, 15) is 9.90 Å². The van der Waals surface area contributed by atoms with E-state index in [0.29, 0.717) is 23.9 Å². The van der Waals surface area contributed by atoms with Crippen molar-refractivity contribution in [2.45, 2.75) is 44.7 Å². The fourth-order valence-electron chi connectivity index (χ4n) is 2.87. The number of likely N-dealkylation sites (tertiary alicyclic amines) is 1. The van der Waals surface area contributed by atoms with Gasteiger partial charge in [-0.3, -0.25) is 0 Å². The van der Waals surface area contributed by atoms with E-state index in [1.807, 2.05) is 12.1 Å². The molecule has 1 heterocycles. The maximum Gasteiger partial charge on any atom is 0.329 e. The fraction of sp³-hybridized carbons (Fsp3) is 0.562. The van der Waals surface area contributed by atoms with Crippen molar-refractivity contribution in [3.63, 3.8) is 0 Å². The number of aliphatic carboxylic acids is 1.